The number of hydrogen-bond donors (Lipinski definition) is 2. The molecule has 21 heavy (non-hydrogen) atoms. The molecule has 0 saturated carbocycles. The number of aryl methyl sites for hydroxylation is 1. The zero-order valence-corrected chi connectivity index (χ0v) is 11.6. The summed E-state index contributed by atoms with van der Waals surface area (Å²) >= 11 is 0. The van der Waals surface area contributed by atoms with Gasteiger partial charge in [0, 0.05) is 12.7 Å². The number of nitriles is 1. The highest BCUT2D eigenvalue weighted by molar-refractivity contribution is 6.04. The van der Waals surface area contributed by atoms with Gasteiger partial charge >= 0.3 is 0 Å². The summed E-state index contributed by atoms with van der Waals surface area (Å²) in [5.74, 6) is -1.10. The van der Waals surface area contributed by atoms with Gasteiger partial charge in [0.1, 0.15) is 23.1 Å². The van der Waals surface area contributed by atoms with Crippen LogP contribution >= 0.6 is 0 Å². The van der Waals surface area contributed by atoms with Gasteiger partial charge in [-0.3, -0.25) is 4.79 Å². The number of nitrogen functional groups attached to an aromatic ring is 1. The molecule has 2 rings (SSSR count). The second kappa shape index (κ2) is 6.09. The molecule has 108 valence electrons. The van der Waals surface area contributed by atoms with Crippen LogP contribution in [0.15, 0.2) is 30.5 Å². The minimum atomic E-state index is -0.668. The van der Waals surface area contributed by atoms with Gasteiger partial charge in [0.05, 0.1) is 11.4 Å². The van der Waals surface area contributed by atoms with Crippen LogP contribution < -0.4 is 11.1 Å². The van der Waals surface area contributed by atoms with Crippen LogP contribution in [0, 0.1) is 17.1 Å². The Labute approximate surface area is 121 Å². The zero-order valence-electron chi connectivity index (χ0n) is 11.6. The zero-order chi connectivity index (χ0) is 15.4. The third-order valence-electron chi connectivity index (χ3n) is 2.99. The molecule has 0 spiro atoms. The van der Waals surface area contributed by atoms with E-state index in [1.54, 1.807) is 22.9 Å². The van der Waals surface area contributed by atoms with Crippen molar-refractivity contribution in [3.8, 4) is 6.07 Å². The topological polar surface area (TPSA) is 83.8 Å². The number of carbonyl (C=O) groups excluding carboxylic acids is 1. The van der Waals surface area contributed by atoms with Crippen LogP contribution in [0.1, 0.15) is 29.4 Å². The molecule has 0 radical (unpaired) electrons. The first-order valence-corrected chi connectivity index (χ1v) is 6.52. The number of aromatic nitrogens is 1. The van der Waals surface area contributed by atoms with Crippen LogP contribution in [-0.2, 0) is 6.54 Å². The highest BCUT2D eigenvalue weighted by Crippen LogP contribution is 2.20. The van der Waals surface area contributed by atoms with Crippen molar-refractivity contribution in [1.29, 1.82) is 5.26 Å². The summed E-state index contributed by atoms with van der Waals surface area (Å²) in [6.45, 7) is 2.63. The quantitative estimate of drug-likeness (QED) is 0.906. The van der Waals surface area contributed by atoms with Crippen LogP contribution in [-0.4, -0.2) is 10.5 Å². The van der Waals surface area contributed by atoms with Gasteiger partial charge in [-0.2, -0.15) is 5.26 Å². The number of amides is 1. The van der Waals surface area contributed by atoms with E-state index in [9.17, 15) is 9.18 Å². The summed E-state index contributed by atoms with van der Waals surface area (Å²) in [6, 6.07) is 7.39. The molecule has 1 aromatic carbocycles. The van der Waals surface area contributed by atoms with Crippen molar-refractivity contribution in [2.75, 3.05) is 11.1 Å². The van der Waals surface area contributed by atoms with Crippen LogP contribution in [0.4, 0.5) is 15.8 Å². The third kappa shape index (κ3) is 3.03. The summed E-state index contributed by atoms with van der Waals surface area (Å²) in [6.07, 6.45) is 2.52. The lowest BCUT2D eigenvalue weighted by Crippen LogP contribution is -2.17. The van der Waals surface area contributed by atoms with E-state index < -0.39 is 11.7 Å². The molecule has 0 unspecified atom stereocenters. The SMILES string of the molecule is CCCn1cc(N)cc1C(=O)Nc1cccc(F)c1C#N. The Morgan fingerprint density at radius 2 is 2.29 bits per heavy atom. The second-order valence-corrected chi connectivity index (χ2v) is 4.58. The number of halogens is 1. The molecular formula is C15H15FN4O. The van der Waals surface area contributed by atoms with Crippen LogP contribution in [0.3, 0.4) is 0 Å². The van der Waals surface area contributed by atoms with Crippen molar-refractivity contribution in [2.24, 2.45) is 0 Å². The first-order chi connectivity index (χ1) is 10.1. The van der Waals surface area contributed by atoms with Crippen LogP contribution in [0.5, 0.6) is 0 Å². The van der Waals surface area contributed by atoms with Crippen molar-refractivity contribution < 1.29 is 9.18 Å². The number of nitrogens with two attached hydrogens (primary N) is 1. The predicted molar refractivity (Wildman–Crippen MR) is 78.2 cm³/mol. The van der Waals surface area contributed by atoms with Gasteiger partial charge in [-0.05, 0) is 24.6 Å². The summed E-state index contributed by atoms with van der Waals surface area (Å²) in [5.41, 5.74) is 6.52. The van der Waals surface area contributed by atoms with Crippen molar-refractivity contribution in [2.45, 2.75) is 19.9 Å². The molecule has 0 aliphatic heterocycles. The van der Waals surface area contributed by atoms with E-state index in [1.807, 2.05) is 6.92 Å². The molecule has 3 N–H and O–H groups in total. The number of anilines is 2. The normalized spacial score (nSPS) is 10.1. The fraction of sp³-hybridized carbons (Fsp3) is 0.200. The number of benzene rings is 1. The van der Waals surface area contributed by atoms with Crippen molar-refractivity contribution in [1.82, 2.24) is 4.57 Å². The van der Waals surface area contributed by atoms with E-state index in [1.165, 1.54) is 18.2 Å². The summed E-state index contributed by atoms with van der Waals surface area (Å²) in [4.78, 5) is 12.3. The van der Waals surface area contributed by atoms with Crippen molar-refractivity contribution in [3.63, 3.8) is 0 Å². The third-order valence-corrected chi connectivity index (χ3v) is 2.99. The van der Waals surface area contributed by atoms with E-state index in [4.69, 9.17) is 11.0 Å². The Hall–Kier alpha value is -2.81. The Bertz CT molecular complexity index is 715. The van der Waals surface area contributed by atoms with Gasteiger partial charge in [-0.15, -0.1) is 0 Å². The molecule has 1 heterocycles. The largest absolute Gasteiger partial charge is 0.397 e. The Morgan fingerprint density at radius 3 is 2.95 bits per heavy atom. The highest BCUT2D eigenvalue weighted by atomic mass is 19.1. The predicted octanol–water partition coefficient (Wildman–Crippen LogP) is 2.74. The Morgan fingerprint density at radius 1 is 1.52 bits per heavy atom. The number of carbonyl (C=O) groups is 1. The lowest BCUT2D eigenvalue weighted by molar-refractivity contribution is 0.101. The monoisotopic (exact) mass is 286 g/mol. The van der Waals surface area contributed by atoms with Crippen molar-refractivity contribution in [3.05, 3.63) is 47.5 Å². The maximum absolute atomic E-state index is 13.5. The molecule has 1 amide bonds. The van der Waals surface area contributed by atoms with Crippen LogP contribution in [0.2, 0.25) is 0 Å². The molecular weight excluding hydrogens is 271 g/mol. The molecule has 0 saturated heterocycles. The molecule has 0 fully saturated rings. The molecule has 0 aliphatic carbocycles. The molecule has 5 nitrogen and oxygen atoms in total. The number of hydrogen-bond acceptors (Lipinski definition) is 3. The lowest BCUT2D eigenvalue weighted by Gasteiger charge is -2.10. The van der Waals surface area contributed by atoms with E-state index >= 15 is 0 Å². The van der Waals surface area contributed by atoms with Gasteiger partial charge in [0.2, 0.25) is 0 Å². The molecule has 2 aromatic rings. The van der Waals surface area contributed by atoms with E-state index in [2.05, 4.69) is 5.32 Å². The number of nitrogens with one attached hydrogen (secondary N) is 1. The maximum Gasteiger partial charge on any atom is 0.272 e. The number of nitrogens with zero attached hydrogens (tertiary/aromatic N) is 2. The van der Waals surface area contributed by atoms with Gasteiger partial charge in [0.15, 0.2) is 0 Å². The van der Waals surface area contributed by atoms with Gasteiger partial charge < -0.3 is 15.6 Å². The minimum Gasteiger partial charge on any atom is -0.397 e. The maximum atomic E-state index is 13.5. The molecule has 0 aliphatic rings. The highest BCUT2D eigenvalue weighted by Gasteiger charge is 2.15. The van der Waals surface area contributed by atoms with Gasteiger partial charge in [-0.25, -0.2) is 4.39 Å². The van der Waals surface area contributed by atoms with Crippen molar-refractivity contribution >= 4 is 17.3 Å². The van der Waals surface area contributed by atoms with Gasteiger partial charge in [0.25, 0.3) is 5.91 Å². The van der Waals surface area contributed by atoms with Gasteiger partial charge in [-0.1, -0.05) is 13.0 Å². The molecule has 0 atom stereocenters. The summed E-state index contributed by atoms with van der Waals surface area (Å²) in [5, 5.41) is 11.5. The average Bonchev–Trinajstić information content (AvgIpc) is 2.80. The Kier molecular flexibility index (Phi) is 4.24. The molecule has 6 heteroatoms. The Balaban J connectivity index is 2.31. The first kappa shape index (κ1) is 14.6. The summed E-state index contributed by atoms with van der Waals surface area (Å²) < 4.78 is 15.2. The standard InChI is InChI=1S/C15H15FN4O/c1-2-6-20-9-10(18)7-14(20)15(21)19-13-5-3-4-12(16)11(13)8-17/h3-5,7,9H,2,6,18H2,1H3,(H,19,21). The first-order valence-electron chi connectivity index (χ1n) is 6.52. The minimum absolute atomic E-state index is 0.144. The summed E-state index contributed by atoms with van der Waals surface area (Å²) in [7, 11) is 0. The fourth-order valence-electron chi connectivity index (χ4n) is 2.08. The second-order valence-electron chi connectivity index (χ2n) is 4.58. The lowest BCUT2D eigenvalue weighted by atomic mass is 10.2. The smallest absolute Gasteiger partial charge is 0.272 e. The van der Waals surface area contributed by atoms with E-state index in [0.29, 0.717) is 17.9 Å². The van der Waals surface area contributed by atoms with E-state index in [0.717, 1.165) is 6.42 Å². The number of rotatable bonds is 4. The average molecular weight is 286 g/mol. The molecule has 1 aromatic heterocycles. The fourth-order valence-corrected chi connectivity index (χ4v) is 2.08. The van der Waals surface area contributed by atoms with Crippen LogP contribution in [0.25, 0.3) is 0 Å². The van der Waals surface area contributed by atoms with E-state index in [-0.39, 0.29) is 11.3 Å². The molecule has 0 bridgehead atoms.